The smallest absolute Gasteiger partial charge is 0.0947 e. The standard InChI is InChI=1S/C12H15NOS2/c1-4-14-8-11(1)7-13-3-6-16-10-12-2-5-15-9-12/h1-2,4-5,8-9,13H,3,6-7,10H2. The molecule has 86 valence electrons. The van der Waals surface area contributed by atoms with Crippen molar-refractivity contribution in [2.75, 3.05) is 12.3 Å². The summed E-state index contributed by atoms with van der Waals surface area (Å²) in [5.41, 5.74) is 2.65. The van der Waals surface area contributed by atoms with E-state index in [1.807, 2.05) is 17.8 Å². The zero-order valence-corrected chi connectivity index (χ0v) is 10.7. The molecular weight excluding hydrogens is 238 g/mol. The second-order valence-corrected chi connectivity index (χ2v) is 5.38. The van der Waals surface area contributed by atoms with Crippen molar-refractivity contribution >= 4 is 23.1 Å². The van der Waals surface area contributed by atoms with E-state index in [1.165, 1.54) is 11.1 Å². The number of furan rings is 1. The molecule has 0 saturated carbocycles. The van der Waals surface area contributed by atoms with Gasteiger partial charge < -0.3 is 9.73 Å². The molecule has 0 amide bonds. The number of rotatable bonds is 7. The fourth-order valence-corrected chi connectivity index (χ4v) is 2.96. The summed E-state index contributed by atoms with van der Waals surface area (Å²) in [5.74, 6) is 2.27. The minimum absolute atomic E-state index is 0.898. The molecule has 2 aromatic rings. The largest absolute Gasteiger partial charge is 0.472 e. The monoisotopic (exact) mass is 253 g/mol. The van der Waals surface area contributed by atoms with E-state index in [0.29, 0.717) is 0 Å². The molecule has 1 N–H and O–H groups in total. The Morgan fingerprint density at radius 1 is 1.31 bits per heavy atom. The fraction of sp³-hybridized carbons (Fsp3) is 0.333. The summed E-state index contributed by atoms with van der Waals surface area (Å²) < 4.78 is 5.00. The van der Waals surface area contributed by atoms with Gasteiger partial charge in [-0.1, -0.05) is 0 Å². The Hall–Kier alpha value is -0.710. The van der Waals surface area contributed by atoms with Crippen LogP contribution in [0.5, 0.6) is 0 Å². The Kier molecular flexibility index (Phi) is 4.99. The summed E-state index contributed by atoms with van der Waals surface area (Å²) >= 11 is 3.74. The van der Waals surface area contributed by atoms with Crippen LogP contribution in [0.25, 0.3) is 0 Å². The minimum Gasteiger partial charge on any atom is -0.472 e. The maximum absolute atomic E-state index is 5.00. The van der Waals surface area contributed by atoms with Crippen LogP contribution in [0.1, 0.15) is 11.1 Å². The molecule has 2 rings (SSSR count). The van der Waals surface area contributed by atoms with Crippen molar-refractivity contribution in [3.05, 3.63) is 46.5 Å². The molecule has 16 heavy (non-hydrogen) atoms. The Morgan fingerprint density at radius 2 is 2.31 bits per heavy atom. The summed E-state index contributed by atoms with van der Waals surface area (Å²) in [6.07, 6.45) is 3.49. The molecule has 4 heteroatoms. The first kappa shape index (κ1) is 11.8. The molecule has 0 radical (unpaired) electrons. The number of thiophene rings is 1. The van der Waals surface area contributed by atoms with Gasteiger partial charge in [-0.3, -0.25) is 0 Å². The Balaban J connectivity index is 1.49. The van der Waals surface area contributed by atoms with Crippen LogP contribution >= 0.6 is 23.1 Å². The van der Waals surface area contributed by atoms with Crippen molar-refractivity contribution in [2.45, 2.75) is 12.3 Å². The van der Waals surface area contributed by atoms with Crippen LogP contribution in [0.2, 0.25) is 0 Å². The Bertz CT molecular complexity index is 331. The molecule has 0 saturated heterocycles. The van der Waals surface area contributed by atoms with Crippen molar-refractivity contribution in [3.63, 3.8) is 0 Å². The molecule has 0 aromatic carbocycles. The molecule has 0 spiro atoms. The summed E-state index contributed by atoms with van der Waals surface area (Å²) in [6.45, 7) is 1.94. The molecule has 0 atom stereocenters. The maximum atomic E-state index is 5.00. The third-order valence-corrected chi connectivity index (χ3v) is 3.94. The van der Waals surface area contributed by atoms with Crippen LogP contribution in [-0.2, 0) is 12.3 Å². The zero-order chi connectivity index (χ0) is 11.1. The van der Waals surface area contributed by atoms with Crippen molar-refractivity contribution in [1.82, 2.24) is 5.32 Å². The lowest BCUT2D eigenvalue weighted by atomic mass is 10.3. The normalized spacial score (nSPS) is 10.8. The first-order valence-corrected chi connectivity index (χ1v) is 7.35. The summed E-state index contributed by atoms with van der Waals surface area (Å²) in [4.78, 5) is 0. The third kappa shape index (κ3) is 4.04. The van der Waals surface area contributed by atoms with Gasteiger partial charge in [0.15, 0.2) is 0 Å². The van der Waals surface area contributed by atoms with Gasteiger partial charge in [0, 0.05) is 30.2 Å². The zero-order valence-electron chi connectivity index (χ0n) is 9.02. The topological polar surface area (TPSA) is 25.2 Å². The Labute approximate surface area is 104 Å². The van der Waals surface area contributed by atoms with Crippen molar-refractivity contribution < 1.29 is 4.42 Å². The van der Waals surface area contributed by atoms with Crippen molar-refractivity contribution in [3.8, 4) is 0 Å². The van der Waals surface area contributed by atoms with Gasteiger partial charge in [-0.15, -0.1) is 0 Å². The van der Waals surface area contributed by atoms with E-state index in [-0.39, 0.29) is 0 Å². The van der Waals surface area contributed by atoms with Gasteiger partial charge in [0.05, 0.1) is 12.5 Å². The van der Waals surface area contributed by atoms with Gasteiger partial charge in [0.25, 0.3) is 0 Å². The average Bonchev–Trinajstić information content (AvgIpc) is 2.96. The molecule has 0 aliphatic carbocycles. The van der Waals surface area contributed by atoms with E-state index in [4.69, 9.17) is 4.42 Å². The summed E-state index contributed by atoms with van der Waals surface area (Å²) in [7, 11) is 0. The molecule has 0 aliphatic heterocycles. The van der Waals surface area contributed by atoms with Crippen LogP contribution in [0.15, 0.2) is 39.8 Å². The molecular formula is C12H15NOS2. The number of thioether (sulfide) groups is 1. The number of nitrogens with one attached hydrogen (secondary N) is 1. The van der Waals surface area contributed by atoms with Crippen LogP contribution < -0.4 is 5.32 Å². The fourth-order valence-electron chi connectivity index (χ4n) is 1.34. The van der Waals surface area contributed by atoms with Gasteiger partial charge in [-0.05, 0) is 28.5 Å². The molecule has 2 heterocycles. The lowest BCUT2D eigenvalue weighted by molar-refractivity contribution is 0.561. The maximum Gasteiger partial charge on any atom is 0.0947 e. The SMILES string of the molecule is c1cc(CNCCSCc2ccsc2)co1. The van der Waals surface area contributed by atoms with E-state index in [0.717, 1.165) is 24.6 Å². The summed E-state index contributed by atoms with van der Waals surface area (Å²) in [6, 6.07) is 4.18. The van der Waals surface area contributed by atoms with E-state index in [2.05, 4.69) is 22.1 Å². The molecule has 0 aliphatic rings. The van der Waals surface area contributed by atoms with Crippen molar-refractivity contribution in [2.24, 2.45) is 0 Å². The lowest BCUT2D eigenvalue weighted by Gasteiger charge is -2.02. The molecule has 2 nitrogen and oxygen atoms in total. The first-order valence-electron chi connectivity index (χ1n) is 5.26. The van der Waals surface area contributed by atoms with E-state index in [1.54, 1.807) is 23.9 Å². The molecule has 0 unspecified atom stereocenters. The first-order chi connectivity index (χ1) is 7.95. The highest BCUT2D eigenvalue weighted by Crippen LogP contribution is 2.14. The van der Waals surface area contributed by atoms with E-state index in [9.17, 15) is 0 Å². The van der Waals surface area contributed by atoms with Gasteiger partial charge in [0.1, 0.15) is 0 Å². The predicted molar refractivity (Wildman–Crippen MR) is 70.9 cm³/mol. The summed E-state index contributed by atoms with van der Waals surface area (Å²) in [5, 5.41) is 7.74. The van der Waals surface area contributed by atoms with Gasteiger partial charge in [0.2, 0.25) is 0 Å². The highest BCUT2D eigenvalue weighted by atomic mass is 32.2. The average molecular weight is 253 g/mol. The van der Waals surface area contributed by atoms with Crippen LogP contribution in [0, 0.1) is 0 Å². The second kappa shape index (κ2) is 6.78. The highest BCUT2D eigenvalue weighted by Gasteiger charge is 1.95. The number of hydrogen-bond donors (Lipinski definition) is 1. The predicted octanol–water partition coefficient (Wildman–Crippen LogP) is 3.36. The highest BCUT2D eigenvalue weighted by molar-refractivity contribution is 7.98. The van der Waals surface area contributed by atoms with Gasteiger partial charge >= 0.3 is 0 Å². The van der Waals surface area contributed by atoms with E-state index < -0.39 is 0 Å². The number of hydrogen-bond acceptors (Lipinski definition) is 4. The lowest BCUT2D eigenvalue weighted by Crippen LogP contribution is -2.16. The molecule has 2 aromatic heterocycles. The second-order valence-electron chi connectivity index (χ2n) is 3.49. The molecule has 0 fully saturated rings. The molecule has 0 bridgehead atoms. The quantitative estimate of drug-likeness (QED) is 0.766. The Morgan fingerprint density at radius 3 is 3.06 bits per heavy atom. The van der Waals surface area contributed by atoms with E-state index >= 15 is 0 Å². The third-order valence-electron chi connectivity index (χ3n) is 2.18. The van der Waals surface area contributed by atoms with Gasteiger partial charge in [-0.2, -0.15) is 23.1 Å². The van der Waals surface area contributed by atoms with Gasteiger partial charge in [-0.25, -0.2) is 0 Å². The van der Waals surface area contributed by atoms with Crippen molar-refractivity contribution in [1.29, 1.82) is 0 Å². The minimum atomic E-state index is 0.898. The van der Waals surface area contributed by atoms with Crippen LogP contribution in [0.3, 0.4) is 0 Å². The van der Waals surface area contributed by atoms with Crippen LogP contribution in [-0.4, -0.2) is 12.3 Å². The van der Waals surface area contributed by atoms with Crippen LogP contribution in [0.4, 0.5) is 0 Å².